The van der Waals surface area contributed by atoms with Gasteiger partial charge in [-0.2, -0.15) is 0 Å². The van der Waals surface area contributed by atoms with Gasteiger partial charge in [-0.15, -0.1) is 0 Å². The van der Waals surface area contributed by atoms with Gasteiger partial charge in [0.1, 0.15) is 0 Å². The van der Waals surface area contributed by atoms with Crippen molar-refractivity contribution in [2.24, 2.45) is 0 Å². The zero-order valence-electron chi connectivity index (χ0n) is 7.89. The number of hydrogen-bond acceptors (Lipinski definition) is 3. The average Bonchev–Trinajstić information content (AvgIpc) is 2.28. The van der Waals surface area contributed by atoms with Gasteiger partial charge in [-0.1, -0.05) is 0 Å². The van der Waals surface area contributed by atoms with Gasteiger partial charge in [-0.3, -0.25) is 9.13 Å². The van der Waals surface area contributed by atoms with Gasteiger partial charge in [0.25, 0.3) is 0 Å². The molecule has 0 radical (unpaired) electrons. The highest BCUT2D eigenvalue weighted by molar-refractivity contribution is 7.52. The topological polar surface area (TPSA) is 124 Å². The minimum atomic E-state index is -4.11. The van der Waals surface area contributed by atoms with E-state index < -0.39 is 27.4 Å². The summed E-state index contributed by atoms with van der Waals surface area (Å²) in [5, 5.41) is 0. The Balaban J connectivity index is 2.40. The van der Waals surface area contributed by atoms with Crippen LogP contribution in [0.25, 0.3) is 0 Å². The van der Waals surface area contributed by atoms with E-state index >= 15 is 0 Å². The molecule has 0 aromatic rings. The fraction of sp³-hybridized carbons (Fsp3) is 1.00. The van der Waals surface area contributed by atoms with E-state index in [1.165, 1.54) is 0 Å². The summed E-state index contributed by atoms with van der Waals surface area (Å²) >= 11 is 0. The third-order valence-electron chi connectivity index (χ3n) is 2.08. The van der Waals surface area contributed by atoms with Crippen LogP contribution in [-0.2, 0) is 13.9 Å². The molecule has 7 nitrogen and oxygen atoms in total. The Morgan fingerprint density at radius 1 is 0.933 bits per heavy atom. The van der Waals surface area contributed by atoms with Crippen molar-refractivity contribution < 1.29 is 33.4 Å². The summed E-state index contributed by atoms with van der Waals surface area (Å²) in [5.41, 5.74) is 0. The molecule has 0 spiro atoms. The molecule has 0 aliphatic carbocycles. The van der Waals surface area contributed by atoms with E-state index in [9.17, 15) is 9.13 Å². The lowest BCUT2D eigenvalue weighted by Gasteiger charge is -2.14. The molecular formula is C6H14O7P2. The Bertz CT molecular complexity index is 275. The summed E-state index contributed by atoms with van der Waals surface area (Å²) in [7, 11) is -8.22. The highest BCUT2D eigenvalue weighted by Gasteiger charge is 2.33. The summed E-state index contributed by atoms with van der Waals surface area (Å²) in [6, 6.07) is 0. The SMILES string of the molecule is O=P(O)(O)C[C@@H]1CC[C@@H](CP(=O)(O)O)O1. The van der Waals surface area contributed by atoms with E-state index in [0.29, 0.717) is 12.8 Å². The molecule has 1 aliphatic rings. The van der Waals surface area contributed by atoms with E-state index in [0.717, 1.165) is 0 Å². The molecular weight excluding hydrogens is 246 g/mol. The number of rotatable bonds is 4. The minimum Gasteiger partial charge on any atom is -0.374 e. The molecule has 0 amide bonds. The molecule has 9 heteroatoms. The fourth-order valence-corrected chi connectivity index (χ4v) is 3.18. The summed E-state index contributed by atoms with van der Waals surface area (Å²) in [5.74, 6) is 0. The minimum absolute atomic E-state index is 0.384. The van der Waals surface area contributed by atoms with Crippen LogP contribution in [0.15, 0.2) is 0 Å². The first-order valence-corrected chi connectivity index (χ1v) is 8.00. The van der Waals surface area contributed by atoms with E-state index in [1.54, 1.807) is 0 Å². The largest absolute Gasteiger partial charge is 0.374 e. The molecule has 4 N–H and O–H groups in total. The van der Waals surface area contributed by atoms with Crippen molar-refractivity contribution in [3.63, 3.8) is 0 Å². The second-order valence-corrected chi connectivity index (χ2v) is 7.04. The second-order valence-electron chi connectivity index (χ2n) is 3.65. The smallest absolute Gasteiger partial charge is 0.328 e. The maximum atomic E-state index is 10.6. The van der Waals surface area contributed by atoms with Crippen molar-refractivity contribution >= 4 is 15.2 Å². The van der Waals surface area contributed by atoms with Crippen LogP contribution < -0.4 is 0 Å². The Morgan fingerprint density at radius 3 is 1.53 bits per heavy atom. The molecule has 1 heterocycles. The normalized spacial score (nSPS) is 28.3. The van der Waals surface area contributed by atoms with Crippen LogP contribution in [0.5, 0.6) is 0 Å². The average molecular weight is 260 g/mol. The van der Waals surface area contributed by atoms with Gasteiger partial charge in [-0.05, 0) is 12.8 Å². The summed E-state index contributed by atoms with van der Waals surface area (Å²) in [6.07, 6.45) is -1.11. The zero-order chi connectivity index (χ0) is 11.7. The summed E-state index contributed by atoms with van der Waals surface area (Å²) < 4.78 is 26.4. The van der Waals surface area contributed by atoms with E-state index in [-0.39, 0.29) is 12.3 Å². The van der Waals surface area contributed by atoms with Crippen molar-refractivity contribution in [2.75, 3.05) is 12.3 Å². The Hall–Kier alpha value is 0.260. The van der Waals surface area contributed by atoms with Crippen LogP contribution in [-0.4, -0.2) is 44.1 Å². The van der Waals surface area contributed by atoms with Crippen LogP contribution in [0.2, 0.25) is 0 Å². The van der Waals surface area contributed by atoms with E-state index in [4.69, 9.17) is 24.3 Å². The van der Waals surface area contributed by atoms with Gasteiger partial charge < -0.3 is 24.3 Å². The Labute approximate surface area is 86.8 Å². The van der Waals surface area contributed by atoms with Crippen molar-refractivity contribution in [3.05, 3.63) is 0 Å². The third kappa shape index (κ3) is 5.78. The standard InChI is InChI=1S/C6H14O7P2/c7-14(8,9)3-5-1-2-6(13-5)4-15(10,11)12/h5-6H,1-4H2,(H2,7,8,9)(H2,10,11,12)/t5-,6-/m0/s1. The van der Waals surface area contributed by atoms with Crippen LogP contribution in [0.3, 0.4) is 0 Å². The fourth-order valence-electron chi connectivity index (χ4n) is 1.58. The Morgan fingerprint density at radius 2 is 1.27 bits per heavy atom. The highest BCUT2D eigenvalue weighted by Crippen LogP contribution is 2.42. The molecule has 1 saturated heterocycles. The highest BCUT2D eigenvalue weighted by atomic mass is 31.2. The van der Waals surface area contributed by atoms with Crippen LogP contribution in [0, 0.1) is 0 Å². The van der Waals surface area contributed by atoms with Crippen LogP contribution in [0.4, 0.5) is 0 Å². The lowest BCUT2D eigenvalue weighted by atomic mass is 10.2. The van der Waals surface area contributed by atoms with Crippen molar-refractivity contribution in [3.8, 4) is 0 Å². The summed E-state index contributed by atoms with van der Waals surface area (Å²) in [6.45, 7) is 0. The van der Waals surface area contributed by atoms with Crippen molar-refractivity contribution in [1.82, 2.24) is 0 Å². The first-order valence-electron chi connectivity index (χ1n) is 4.40. The van der Waals surface area contributed by atoms with Gasteiger partial charge >= 0.3 is 15.2 Å². The van der Waals surface area contributed by atoms with Gasteiger partial charge in [0.2, 0.25) is 0 Å². The van der Waals surface area contributed by atoms with Crippen LogP contribution >= 0.6 is 15.2 Å². The van der Waals surface area contributed by atoms with Gasteiger partial charge in [-0.25, -0.2) is 0 Å². The molecule has 0 aromatic carbocycles. The van der Waals surface area contributed by atoms with Crippen molar-refractivity contribution in [2.45, 2.75) is 25.0 Å². The molecule has 0 aromatic heterocycles. The predicted octanol–water partition coefficient (Wildman–Crippen LogP) is -0.111. The molecule has 1 rings (SSSR count). The second kappa shape index (κ2) is 4.63. The Kier molecular flexibility index (Phi) is 4.12. The maximum absolute atomic E-state index is 10.6. The summed E-state index contributed by atoms with van der Waals surface area (Å²) in [4.78, 5) is 34.7. The van der Waals surface area contributed by atoms with Gasteiger partial charge in [0.05, 0.1) is 24.5 Å². The first-order chi connectivity index (χ1) is 6.66. The lowest BCUT2D eigenvalue weighted by molar-refractivity contribution is 0.0653. The molecule has 15 heavy (non-hydrogen) atoms. The van der Waals surface area contributed by atoms with Gasteiger partial charge in [0.15, 0.2) is 0 Å². The molecule has 2 atom stereocenters. The van der Waals surface area contributed by atoms with Gasteiger partial charge in [0, 0.05) is 0 Å². The molecule has 1 fully saturated rings. The predicted molar refractivity (Wildman–Crippen MR) is 51.7 cm³/mol. The first kappa shape index (κ1) is 13.3. The third-order valence-corrected chi connectivity index (χ3v) is 3.84. The molecule has 0 unspecified atom stereocenters. The van der Waals surface area contributed by atoms with Crippen LogP contribution in [0.1, 0.15) is 12.8 Å². The zero-order valence-corrected chi connectivity index (χ0v) is 9.68. The number of hydrogen-bond donors (Lipinski definition) is 4. The molecule has 0 saturated carbocycles. The van der Waals surface area contributed by atoms with E-state index in [2.05, 4.69) is 0 Å². The monoisotopic (exact) mass is 260 g/mol. The molecule has 0 bridgehead atoms. The molecule has 90 valence electrons. The quantitative estimate of drug-likeness (QED) is 0.520. The maximum Gasteiger partial charge on any atom is 0.328 e. The van der Waals surface area contributed by atoms with Crippen molar-refractivity contribution in [1.29, 1.82) is 0 Å². The van der Waals surface area contributed by atoms with E-state index in [1.807, 2.05) is 0 Å². The lowest BCUT2D eigenvalue weighted by Crippen LogP contribution is -2.17. The number of ether oxygens (including phenoxy) is 1. The molecule has 1 aliphatic heterocycles.